The molecule has 8 heteroatoms. The number of rotatable bonds is 2. The van der Waals surface area contributed by atoms with Gasteiger partial charge < -0.3 is 5.32 Å². The summed E-state index contributed by atoms with van der Waals surface area (Å²) in [4.78, 5) is 11.5. The second-order valence-electron chi connectivity index (χ2n) is 3.05. The predicted octanol–water partition coefficient (Wildman–Crippen LogP) is 1.99. The molecule has 1 amide bonds. The molecule has 0 aliphatic heterocycles. The Morgan fingerprint density at radius 3 is 2.76 bits per heavy atom. The molecule has 1 heterocycles. The van der Waals surface area contributed by atoms with Crippen LogP contribution in [0.1, 0.15) is 10.5 Å². The number of amides is 1. The molecule has 0 fully saturated rings. The van der Waals surface area contributed by atoms with Crippen LogP contribution < -0.4 is 5.32 Å². The smallest absolute Gasteiger partial charge is 0.277 e. The first kappa shape index (κ1) is 11.5. The number of nitrogens with one attached hydrogen (secondary N) is 2. The van der Waals surface area contributed by atoms with Gasteiger partial charge >= 0.3 is 0 Å². The molecule has 88 valence electrons. The highest BCUT2D eigenvalue weighted by molar-refractivity contribution is 6.33. The third kappa shape index (κ3) is 2.39. The summed E-state index contributed by atoms with van der Waals surface area (Å²) in [6.07, 6.45) is 1.16. The maximum absolute atomic E-state index is 13.3. The van der Waals surface area contributed by atoms with Crippen molar-refractivity contribution in [3.8, 4) is 0 Å². The second kappa shape index (κ2) is 4.46. The van der Waals surface area contributed by atoms with E-state index < -0.39 is 17.5 Å². The van der Waals surface area contributed by atoms with E-state index in [2.05, 4.69) is 20.7 Å². The lowest BCUT2D eigenvalue weighted by Gasteiger charge is -2.06. The summed E-state index contributed by atoms with van der Waals surface area (Å²) in [5.74, 6) is -2.50. The number of H-pyrrole nitrogens is 1. The number of aromatic nitrogens is 3. The maximum atomic E-state index is 13.3. The fourth-order valence-electron chi connectivity index (χ4n) is 1.15. The van der Waals surface area contributed by atoms with Crippen LogP contribution >= 0.6 is 11.6 Å². The lowest BCUT2D eigenvalue weighted by Crippen LogP contribution is -2.14. The zero-order chi connectivity index (χ0) is 12.4. The molecule has 1 aromatic carbocycles. The van der Waals surface area contributed by atoms with Gasteiger partial charge in [0, 0.05) is 6.07 Å². The number of halogens is 3. The average molecular weight is 259 g/mol. The van der Waals surface area contributed by atoms with Crippen molar-refractivity contribution in [2.45, 2.75) is 0 Å². The standard InChI is InChI=1S/C9H5ClF2N4O/c10-5-1-4(11)2-6(12)8(5)14-9(17)7-3-13-16-15-7/h1-3H,(H,14,17)(H,13,15,16). The lowest BCUT2D eigenvalue weighted by atomic mass is 10.3. The van der Waals surface area contributed by atoms with Gasteiger partial charge in [-0.3, -0.25) is 4.79 Å². The van der Waals surface area contributed by atoms with Crippen LogP contribution in [0.4, 0.5) is 14.5 Å². The molecule has 0 saturated carbocycles. The number of nitrogens with zero attached hydrogens (tertiary/aromatic N) is 2. The molecular weight excluding hydrogens is 254 g/mol. The van der Waals surface area contributed by atoms with Gasteiger partial charge in [-0.25, -0.2) is 8.78 Å². The average Bonchev–Trinajstić information content (AvgIpc) is 2.76. The Kier molecular flexibility index (Phi) is 3.01. The topological polar surface area (TPSA) is 70.7 Å². The van der Waals surface area contributed by atoms with Crippen molar-refractivity contribution in [2.75, 3.05) is 5.32 Å². The van der Waals surface area contributed by atoms with Crippen LogP contribution in [0, 0.1) is 11.6 Å². The van der Waals surface area contributed by atoms with E-state index in [0.29, 0.717) is 6.07 Å². The first-order valence-electron chi connectivity index (χ1n) is 4.39. The molecule has 0 bridgehead atoms. The molecule has 5 nitrogen and oxygen atoms in total. The summed E-state index contributed by atoms with van der Waals surface area (Å²) in [5.41, 5.74) is -0.342. The molecule has 2 N–H and O–H groups in total. The van der Waals surface area contributed by atoms with Crippen LogP contribution in [-0.4, -0.2) is 21.3 Å². The molecule has 17 heavy (non-hydrogen) atoms. The summed E-state index contributed by atoms with van der Waals surface area (Å²) < 4.78 is 26.1. The summed E-state index contributed by atoms with van der Waals surface area (Å²) in [7, 11) is 0. The Bertz CT molecular complexity index is 535. The van der Waals surface area contributed by atoms with E-state index >= 15 is 0 Å². The quantitative estimate of drug-likeness (QED) is 0.865. The van der Waals surface area contributed by atoms with E-state index in [1.54, 1.807) is 0 Å². The Balaban J connectivity index is 2.28. The Labute approximate surface area is 98.8 Å². The first-order chi connectivity index (χ1) is 8.08. The molecule has 0 saturated heterocycles. The zero-order valence-corrected chi connectivity index (χ0v) is 8.92. The van der Waals surface area contributed by atoms with Gasteiger partial charge in [-0.2, -0.15) is 15.4 Å². The SMILES string of the molecule is O=C(Nc1c(F)cc(F)cc1Cl)c1cn[nH]n1. The minimum Gasteiger partial charge on any atom is -0.317 e. The molecule has 0 unspecified atom stereocenters. The van der Waals surface area contributed by atoms with Crippen LogP contribution in [0.2, 0.25) is 5.02 Å². The normalized spacial score (nSPS) is 10.3. The van der Waals surface area contributed by atoms with Gasteiger partial charge in [0.1, 0.15) is 5.82 Å². The molecule has 0 spiro atoms. The van der Waals surface area contributed by atoms with Crippen molar-refractivity contribution >= 4 is 23.2 Å². The Morgan fingerprint density at radius 1 is 1.41 bits per heavy atom. The van der Waals surface area contributed by atoms with Crippen LogP contribution in [0.15, 0.2) is 18.3 Å². The van der Waals surface area contributed by atoms with Crippen molar-refractivity contribution in [3.05, 3.63) is 40.7 Å². The number of carbonyl (C=O) groups is 1. The highest BCUT2D eigenvalue weighted by Crippen LogP contribution is 2.26. The van der Waals surface area contributed by atoms with Crippen molar-refractivity contribution in [3.63, 3.8) is 0 Å². The molecule has 0 atom stereocenters. The number of anilines is 1. The van der Waals surface area contributed by atoms with Crippen molar-refractivity contribution in [2.24, 2.45) is 0 Å². The first-order valence-corrected chi connectivity index (χ1v) is 4.77. The van der Waals surface area contributed by atoms with Gasteiger partial charge in [0.2, 0.25) is 0 Å². The van der Waals surface area contributed by atoms with Crippen molar-refractivity contribution < 1.29 is 13.6 Å². The molecule has 2 aromatic rings. The molecule has 1 aromatic heterocycles. The molecular formula is C9H5ClF2N4O. The third-order valence-electron chi connectivity index (χ3n) is 1.89. The number of hydrogen-bond acceptors (Lipinski definition) is 3. The third-order valence-corrected chi connectivity index (χ3v) is 2.19. The number of aromatic amines is 1. The summed E-state index contributed by atoms with van der Waals surface area (Å²) in [6, 6.07) is 1.51. The minimum absolute atomic E-state index is 0.0372. The van der Waals surface area contributed by atoms with Gasteiger partial charge in [0.25, 0.3) is 5.91 Å². The van der Waals surface area contributed by atoms with Crippen LogP contribution in [0.25, 0.3) is 0 Å². The molecule has 0 aliphatic carbocycles. The lowest BCUT2D eigenvalue weighted by molar-refractivity contribution is 0.102. The van der Waals surface area contributed by atoms with E-state index in [1.807, 2.05) is 0 Å². The summed E-state index contributed by atoms with van der Waals surface area (Å²) >= 11 is 5.60. The number of carbonyl (C=O) groups excluding carboxylic acids is 1. The van der Waals surface area contributed by atoms with E-state index in [4.69, 9.17) is 11.6 Å². The maximum Gasteiger partial charge on any atom is 0.277 e. The van der Waals surface area contributed by atoms with E-state index in [9.17, 15) is 13.6 Å². The van der Waals surface area contributed by atoms with E-state index in [1.165, 1.54) is 0 Å². The van der Waals surface area contributed by atoms with Gasteiger partial charge in [-0.15, -0.1) is 0 Å². The van der Waals surface area contributed by atoms with Crippen LogP contribution in [0.3, 0.4) is 0 Å². The van der Waals surface area contributed by atoms with Crippen molar-refractivity contribution in [1.29, 1.82) is 0 Å². The second-order valence-corrected chi connectivity index (χ2v) is 3.46. The fraction of sp³-hybridized carbons (Fsp3) is 0. The number of hydrogen-bond donors (Lipinski definition) is 2. The monoisotopic (exact) mass is 258 g/mol. The highest BCUT2D eigenvalue weighted by atomic mass is 35.5. The zero-order valence-electron chi connectivity index (χ0n) is 8.17. The van der Waals surface area contributed by atoms with Gasteiger partial charge in [0.05, 0.1) is 16.9 Å². The van der Waals surface area contributed by atoms with Gasteiger partial charge in [-0.1, -0.05) is 11.6 Å². The largest absolute Gasteiger partial charge is 0.317 e. The Hall–Kier alpha value is -2.02. The minimum atomic E-state index is -0.966. The Morgan fingerprint density at radius 2 is 2.18 bits per heavy atom. The summed E-state index contributed by atoms with van der Waals surface area (Å²) in [5, 5.41) is 11.1. The number of benzene rings is 1. The van der Waals surface area contributed by atoms with Crippen molar-refractivity contribution in [1.82, 2.24) is 15.4 Å². The fourth-order valence-corrected chi connectivity index (χ4v) is 1.39. The highest BCUT2D eigenvalue weighted by Gasteiger charge is 2.15. The van der Waals surface area contributed by atoms with Gasteiger partial charge in [-0.05, 0) is 6.07 Å². The van der Waals surface area contributed by atoms with Gasteiger partial charge in [0.15, 0.2) is 11.5 Å². The van der Waals surface area contributed by atoms with Crippen LogP contribution in [0.5, 0.6) is 0 Å². The van der Waals surface area contributed by atoms with E-state index in [0.717, 1.165) is 12.3 Å². The molecule has 0 radical (unpaired) electrons. The summed E-state index contributed by atoms with van der Waals surface area (Å²) in [6.45, 7) is 0. The molecule has 2 rings (SSSR count). The van der Waals surface area contributed by atoms with Crippen LogP contribution in [-0.2, 0) is 0 Å². The molecule has 0 aliphatic rings. The van der Waals surface area contributed by atoms with E-state index in [-0.39, 0.29) is 16.4 Å². The predicted molar refractivity (Wildman–Crippen MR) is 55.7 cm³/mol.